The molecule has 4 aromatic rings. The molecule has 37 heavy (non-hydrogen) atoms. The average molecular weight is 521 g/mol. The Bertz CT molecular complexity index is 1580. The van der Waals surface area contributed by atoms with Crippen molar-refractivity contribution in [3.8, 4) is 22.8 Å². The van der Waals surface area contributed by atoms with Crippen LogP contribution in [0.4, 0.5) is 5.82 Å². The topological polar surface area (TPSA) is 127 Å². The van der Waals surface area contributed by atoms with E-state index >= 15 is 0 Å². The first-order chi connectivity index (χ1) is 17.6. The molecule has 0 fully saturated rings. The van der Waals surface area contributed by atoms with Gasteiger partial charge in [0.25, 0.3) is 5.56 Å². The summed E-state index contributed by atoms with van der Waals surface area (Å²) in [5.41, 5.74) is 7.23. The fourth-order valence-electron chi connectivity index (χ4n) is 4.01. The molecule has 4 rings (SSSR count). The molecule has 0 spiro atoms. The zero-order chi connectivity index (χ0) is 26.9. The maximum Gasteiger partial charge on any atom is 0.332 e. The van der Waals surface area contributed by atoms with Crippen LogP contribution in [-0.4, -0.2) is 42.5 Å². The van der Waals surface area contributed by atoms with Gasteiger partial charge >= 0.3 is 5.69 Å². The van der Waals surface area contributed by atoms with E-state index in [1.54, 1.807) is 7.11 Å². The molecule has 0 aliphatic rings. The summed E-state index contributed by atoms with van der Waals surface area (Å²) >= 11 is 1.15. The Balaban J connectivity index is 1.78. The number of benzene rings is 2. The minimum Gasteiger partial charge on any atom is -0.497 e. The molecule has 2 aromatic carbocycles. The van der Waals surface area contributed by atoms with Crippen LogP contribution in [0.5, 0.6) is 5.75 Å². The predicted octanol–water partition coefficient (Wildman–Crippen LogP) is 3.02. The number of anilines is 1. The fraction of sp³-hybridized carbons (Fsp3) is 0.269. The highest BCUT2D eigenvalue weighted by Crippen LogP contribution is 2.33. The van der Waals surface area contributed by atoms with Crippen molar-refractivity contribution in [1.82, 2.24) is 23.9 Å². The SMILES string of the molecule is COc1ccc(-c2nnc(SCC(=O)c3c(N)n(C)c(=O)n(C)c3=O)n2-c2ccccc2C(C)C)cc1. The number of methoxy groups -OCH3 is 1. The molecule has 0 aliphatic heterocycles. The number of ketones is 1. The van der Waals surface area contributed by atoms with Crippen LogP contribution in [0.1, 0.15) is 35.7 Å². The Kier molecular flexibility index (Phi) is 7.35. The standard InChI is InChI=1S/C26H28N6O4S/c1-15(2)18-8-6-7-9-19(18)32-23(16-10-12-17(36-5)13-11-16)28-29-25(32)37-14-20(33)21-22(27)30(3)26(35)31(4)24(21)34/h6-13,15H,14,27H2,1-5H3. The van der Waals surface area contributed by atoms with E-state index in [0.29, 0.717) is 16.7 Å². The third-order valence-electron chi connectivity index (χ3n) is 6.10. The Hall–Kier alpha value is -4.12. The van der Waals surface area contributed by atoms with Crippen LogP contribution >= 0.6 is 11.8 Å². The molecule has 0 bridgehead atoms. The monoisotopic (exact) mass is 520 g/mol. The lowest BCUT2D eigenvalue weighted by molar-refractivity contribution is 0.102. The zero-order valence-electron chi connectivity index (χ0n) is 21.3. The molecule has 0 saturated heterocycles. The van der Waals surface area contributed by atoms with Gasteiger partial charge in [0.1, 0.15) is 17.1 Å². The second kappa shape index (κ2) is 10.5. The highest BCUT2D eigenvalue weighted by Gasteiger charge is 2.24. The van der Waals surface area contributed by atoms with Gasteiger partial charge in [-0.25, -0.2) is 4.79 Å². The lowest BCUT2D eigenvalue weighted by Gasteiger charge is -2.17. The maximum absolute atomic E-state index is 13.1. The summed E-state index contributed by atoms with van der Waals surface area (Å²) in [5, 5.41) is 9.32. The van der Waals surface area contributed by atoms with Crippen LogP contribution in [-0.2, 0) is 14.1 Å². The molecular weight excluding hydrogens is 492 g/mol. The Morgan fingerprint density at radius 3 is 2.35 bits per heavy atom. The third-order valence-corrected chi connectivity index (χ3v) is 7.03. The molecule has 0 saturated carbocycles. The summed E-state index contributed by atoms with van der Waals surface area (Å²) in [6.07, 6.45) is 0. The molecule has 2 N–H and O–H groups in total. The van der Waals surface area contributed by atoms with Gasteiger partial charge in [0.15, 0.2) is 16.8 Å². The highest BCUT2D eigenvalue weighted by atomic mass is 32.2. The van der Waals surface area contributed by atoms with E-state index < -0.39 is 17.0 Å². The van der Waals surface area contributed by atoms with Gasteiger partial charge in [-0.05, 0) is 41.8 Å². The molecule has 2 aromatic heterocycles. The number of hydrogen-bond acceptors (Lipinski definition) is 8. The first-order valence-corrected chi connectivity index (χ1v) is 12.5. The zero-order valence-corrected chi connectivity index (χ0v) is 22.1. The highest BCUT2D eigenvalue weighted by molar-refractivity contribution is 7.99. The first-order valence-electron chi connectivity index (χ1n) is 11.6. The number of thioether (sulfide) groups is 1. The van der Waals surface area contributed by atoms with Gasteiger partial charge < -0.3 is 10.5 Å². The van der Waals surface area contributed by atoms with Crippen LogP contribution in [0, 0.1) is 0 Å². The van der Waals surface area contributed by atoms with Gasteiger partial charge in [0.05, 0.1) is 18.6 Å². The second-order valence-electron chi connectivity index (χ2n) is 8.76. The van der Waals surface area contributed by atoms with Gasteiger partial charge in [-0.1, -0.05) is 43.8 Å². The molecule has 0 atom stereocenters. The summed E-state index contributed by atoms with van der Waals surface area (Å²) in [4.78, 5) is 37.9. The van der Waals surface area contributed by atoms with E-state index in [1.165, 1.54) is 14.1 Å². The predicted molar refractivity (Wildman–Crippen MR) is 144 cm³/mol. The van der Waals surface area contributed by atoms with E-state index in [9.17, 15) is 14.4 Å². The molecule has 0 aliphatic carbocycles. The molecule has 0 amide bonds. The van der Waals surface area contributed by atoms with Gasteiger partial charge in [0.2, 0.25) is 0 Å². The number of para-hydroxylation sites is 1. The van der Waals surface area contributed by atoms with E-state index in [-0.39, 0.29) is 23.1 Å². The summed E-state index contributed by atoms with van der Waals surface area (Å²) in [6.45, 7) is 4.20. The summed E-state index contributed by atoms with van der Waals surface area (Å²) in [6, 6.07) is 15.4. The van der Waals surface area contributed by atoms with E-state index in [2.05, 4.69) is 24.0 Å². The third kappa shape index (κ3) is 4.82. The smallest absolute Gasteiger partial charge is 0.332 e. The molecular formula is C26H28N6O4S. The Labute approximate surface area is 217 Å². The molecule has 0 radical (unpaired) electrons. The number of rotatable bonds is 8. The number of carbonyl (C=O) groups is 1. The van der Waals surface area contributed by atoms with Crippen molar-refractivity contribution < 1.29 is 9.53 Å². The first kappa shape index (κ1) is 26.0. The quantitative estimate of drug-likeness (QED) is 0.277. The number of ether oxygens (including phenoxy) is 1. The fourth-order valence-corrected chi connectivity index (χ4v) is 4.83. The minimum absolute atomic E-state index is 0.123. The Morgan fingerprint density at radius 2 is 1.70 bits per heavy atom. The summed E-state index contributed by atoms with van der Waals surface area (Å²) in [7, 11) is 4.34. The van der Waals surface area contributed by atoms with Crippen LogP contribution in [0.15, 0.2) is 63.3 Å². The van der Waals surface area contributed by atoms with Gasteiger partial charge in [-0.15, -0.1) is 10.2 Å². The van der Waals surface area contributed by atoms with E-state index in [0.717, 1.165) is 37.7 Å². The number of aromatic nitrogens is 5. The summed E-state index contributed by atoms with van der Waals surface area (Å²) < 4.78 is 9.16. The van der Waals surface area contributed by atoms with Crippen LogP contribution in [0.3, 0.4) is 0 Å². The largest absolute Gasteiger partial charge is 0.497 e. The van der Waals surface area contributed by atoms with E-state index in [4.69, 9.17) is 10.5 Å². The molecule has 11 heteroatoms. The average Bonchev–Trinajstić information content (AvgIpc) is 3.33. The lowest BCUT2D eigenvalue weighted by Crippen LogP contribution is -2.41. The molecule has 10 nitrogen and oxygen atoms in total. The normalized spacial score (nSPS) is 11.2. The van der Waals surface area contributed by atoms with Crippen molar-refractivity contribution >= 4 is 23.4 Å². The van der Waals surface area contributed by atoms with E-state index in [1.807, 2.05) is 53.1 Å². The maximum atomic E-state index is 13.1. The van der Waals surface area contributed by atoms with Gasteiger partial charge in [0, 0.05) is 19.7 Å². The van der Waals surface area contributed by atoms with Crippen molar-refractivity contribution in [2.24, 2.45) is 14.1 Å². The van der Waals surface area contributed by atoms with Crippen molar-refractivity contribution in [2.45, 2.75) is 24.9 Å². The Morgan fingerprint density at radius 1 is 1.03 bits per heavy atom. The molecule has 0 unspecified atom stereocenters. The number of nitrogens with zero attached hydrogens (tertiary/aromatic N) is 5. The van der Waals surface area contributed by atoms with Crippen molar-refractivity contribution in [2.75, 3.05) is 18.6 Å². The van der Waals surface area contributed by atoms with Crippen LogP contribution in [0.25, 0.3) is 17.1 Å². The number of nitrogens with two attached hydrogens (primary N) is 1. The molecule has 192 valence electrons. The van der Waals surface area contributed by atoms with Gasteiger partial charge in [-0.3, -0.25) is 23.3 Å². The van der Waals surface area contributed by atoms with Crippen molar-refractivity contribution in [1.29, 1.82) is 0 Å². The number of carbonyl (C=O) groups excluding carboxylic acids is 1. The number of nitrogen functional groups attached to an aromatic ring is 1. The number of hydrogen-bond donors (Lipinski definition) is 1. The van der Waals surface area contributed by atoms with Crippen LogP contribution in [0.2, 0.25) is 0 Å². The van der Waals surface area contributed by atoms with Crippen molar-refractivity contribution in [3.63, 3.8) is 0 Å². The second-order valence-corrected chi connectivity index (χ2v) is 9.70. The van der Waals surface area contributed by atoms with Crippen molar-refractivity contribution in [3.05, 3.63) is 80.5 Å². The summed E-state index contributed by atoms with van der Waals surface area (Å²) in [5.74, 6) is 0.746. The minimum atomic E-state index is -0.725. The lowest BCUT2D eigenvalue weighted by atomic mass is 10.0. The van der Waals surface area contributed by atoms with Crippen LogP contribution < -0.4 is 21.7 Å². The number of Topliss-reactive ketones (excluding diaryl/α,β-unsaturated/α-hetero) is 1. The molecule has 2 heterocycles. The van der Waals surface area contributed by atoms with Gasteiger partial charge in [-0.2, -0.15) is 0 Å².